The number of nitrogens with zero attached hydrogens (tertiary/aromatic N) is 1. The van der Waals surface area contributed by atoms with Crippen LogP contribution in [0.2, 0.25) is 0 Å². The highest BCUT2D eigenvalue weighted by atomic mass is 32.2. The number of alkyl halides is 3. The predicted octanol–water partition coefficient (Wildman–Crippen LogP) is 0.00510. The van der Waals surface area contributed by atoms with E-state index in [1.165, 1.54) is 0 Å². The zero-order valence-electron chi connectivity index (χ0n) is 14.0. The maximum Gasteiger partial charge on any atom is 0.416 e. The van der Waals surface area contributed by atoms with Gasteiger partial charge in [0.15, 0.2) is 0 Å². The number of halogens is 3. The Morgan fingerprint density at radius 2 is 1.92 bits per heavy atom. The Kier molecular flexibility index (Phi) is 6.98. The molecule has 146 valence electrons. The highest BCUT2D eigenvalue weighted by Crippen LogP contribution is 2.30. The number of carbonyl (C=O) groups excluding carboxylic acids is 1. The monoisotopic (exact) mass is 394 g/mol. The molecule has 1 aromatic carbocycles. The van der Waals surface area contributed by atoms with Crippen LogP contribution in [0, 0.1) is 0 Å². The average Bonchev–Trinajstić information content (AvgIpc) is 2.60. The third-order valence-corrected chi connectivity index (χ3v) is 5.25. The largest absolute Gasteiger partial charge is 0.416 e. The number of rotatable bonds is 7. The lowest BCUT2D eigenvalue weighted by Crippen LogP contribution is -2.47. The lowest BCUT2D eigenvalue weighted by Gasteiger charge is -2.27. The van der Waals surface area contributed by atoms with Crippen molar-refractivity contribution in [2.24, 2.45) is 0 Å². The van der Waals surface area contributed by atoms with E-state index in [0.717, 1.165) is 44.4 Å². The van der Waals surface area contributed by atoms with Gasteiger partial charge in [-0.25, -0.2) is 13.1 Å². The van der Waals surface area contributed by atoms with Gasteiger partial charge in [0, 0.05) is 39.3 Å². The minimum Gasteiger partial charge on any atom is -0.354 e. The highest BCUT2D eigenvalue weighted by Gasteiger charge is 2.31. The van der Waals surface area contributed by atoms with Crippen molar-refractivity contribution in [2.45, 2.75) is 11.1 Å². The number of piperazine rings is 1. The van der Waals surface area contributed by atoms with Crippen LogP contribution in [0.5, 0.6) is 0 Å². The van der Waals surface area contributed by atoms with Crippen molar-refractivity contribution in [3.63, 3.8) is 0 Å². The standard InChI is InChI=1S/C15H21F3N4O3S/c16-15(17,18)12-2-1-3-13(10-12)26(24,25)21-11-14(23)20-6-9-22-7-4-19-5-8-22/h1-3,10,19,21H,4-9,11H2,(H,20,23). The average molecular weight is 394 g/mol. The molecule has 1 amide bonds. The van der Waals surface area contributed by atoms with Crippen molar-refractivity contribution in [1.82, 2.24) is 20.3 Å². The molecule has 0 saturated carbocycles. The summed E-state index contributed by atoms with van der Waals surface area (Å²) in [5, 5.41) is 5.79. The quantitative estimate of drug-likeness (QED) is 0.606. The summed E-state index contributed by atoms with van der Waals surface area (Å²) in [6, 6.07) is 3.36. The predicted molar refractivity (Wildman–Crippen MR) is 89.0 cm³/mol. The molecule has 0 aliphatic carbocycles. The lowest BCUT2D eigenvalue weighted by atomic mass is 10.2. The third-order valence-electron chi connectivity index (χ3n) is 3.85. The fraction of sp³-hybridized carbons (Fsp3) is 0.533. The van der Waals surface area contributed by atoms with Gasteiger partial charge in [0.25, 0.3) is 0 Å². The van der Waals surface area contributed by atoms with Crippen LogP contribution in [0.3, 0.4) is 0 Å². The molecule has 0 unspecified atom stereocenters. The summed E-state index contributed by atoms with van der Waals surface area (Å²) in [6.07, 6.45) is -4.65. The maximum absolute atomic E-state index is 12.7. The van der Waals surface area contributed by atoms with E-state index in [-0.39, 0.29) is 0 Å². The SMILES string of the molecule is O=C(CNS(=O)(=O)c1cccc(C(F)(F)F)c1)NCCN1CCNCC1. The van der Waals surface area contributed by atoms with E-state index >= 15 is 0 Å². The molecule has 1 fully saturated rings. The lowest BCUT2D eigenvalue weighted by molar-refractivity contribution is -0.137. The highest BCUT2D eigenvalue weighted by molar-refractivity contribution is 7.89. The molecule has 1 aliphatic rings. The van der Waals surface area contributed by atoms with Crippen molar-refractivity contribution in [1.29, 1.82) is 0 Å². The first kappa shape index (κ1) is 20.6. The molecule has 3 N–H and O–H groups in total. The van der Waals surface area contributed by atoms with E-state index < -0.39 is 39.1 Å². The Morgan fingerprint density at radius 3 is 2.58 bits per heavy atom. The van der Waals surface area contributed by atoms with Crippen LogP contribution in [0.15, 0.2) is 29.2 Å². The van der Waals surface area contributed by atoms with E-state index in [0.29, 0.717) is 19.2 Å². The zero-order chi connectivity index (χ0) is 19.2. The Balaban J connectivity index is 1.82. The van der Waals surface area contributed by atoms with Gasteiger partial charge in [-0.05, 0) is 18.2 Å². The molecule has 0 radical (unpaired) electrons. The summed E-state index contributed by atoms with van der Waals surface area (Å²) >= 11 is 0. The maximum atomic E-state index is 12.7. The molecule has 0 atom stereocenters. The second-order valence-electron chi connectivity index (χ2n) is 5.79. The van der Waals surface area contributed by atoms with Gasteiger partial charge in [-0.2, -0.15) is 13.2 Å². The summed E-state index contributed by atoms with van der Waals surface area (Å²) in [4.78, 5) is 13.4. The van der Waals surface area contributed by atoms with Gasteiger partial charge in [0.05, 0.1) is 17.0 Å². The Morgan fingerprint density at radius 1 is 1.23 bits per heavy atom. The van der Waals surface area contributed by atoms with Gasteiger partial charge < -0.3 is 10.6 Å². The molecular formula is C15H21F3N4O3S. The Hall–Kier alpha value is -1.69. The van der Waals surface area contributed by atoms with Crippen molar-refractivity contribution < 1.29 is 26.4 Å². The van der Waals surface area contributed by atoms with Crippen molar-refractivity contribution in [3.8, 4) is 0 Å². The fourth-order valence-corrected chi connectivity index (χ4v) is 3.46. The molecule has 2 rings (SSSR count). The number of carbonyl (C=O) groups is 1. The number of hydrogen-bond acceptors (Lipinski definition) is 5. The molecule has 26 heavy (non-hydrogen) atoms. The van der Waals surface area contributed by atoms with E-state index in [9.17, 15) is 26.4 Å². The molecule has 11 heteroatoms. The summed E-state index contributed by atoms with van der Waals surface area (Å²) in [5.74, 6) is -0.546. The summed E-state index contributed by atoms with van der Waals surface area (Å²) in [6.45, 7) is 3.98. The van der Waals surface area contributed by atoms with Crippen LogP contribution < -0.4 is 15.4 Å². The van der Waals surface area contributed by atoms with Crippen LogP contribution in [0.25, 0.3) is 0 Å². The number of amides is 1. The van der Waals surface area contributed by atoms with E-state index in [1.54, 1.807) is 0 Å². The van der Waals surface area contributed by atoms with Crippen LogP contribution in [0.1, 0.15) is 5.56 Å². The number of hydrogen-bond donors (Lipinski definition) is 3. The third kappa shape index (κ3) is 6.24. The van der Waals surface area contributed by atoms with Crippen LogP contribution >= 0.6 is 0 Å². The second-order valence-corrected chi connectivity index (χ2v) is 7.56. The van der Waals surface area contributed by atoms with Crippen LogP contribution in [-0.4, -0.2) is 65.0 Å². The molecule has 0 aromatic heterocycles. The van der Waals surface area contributed by atoms with Crippen LogP contribution in [-0.2, 0) is 21.0 Å². The number of benzene rings is 1. The minimum atomic E-state index is -4.65. The molecule has 1 aliphatic heterocycles. The summed E-state index contributed by atoms with van der Waals surface area (Å²) in [7, 11) is -4.21. The van der Waals surface area contributed by atoms with Gasteiger partial charge in [0.2, 0.25) is 15.9 Å². The van der Waals surface area contributed by atoms with E-state index in [2.05, 4.69) is 15.5 Å². The Bertz CT molecular complexity index is 719. The van der Waals surface area contributed by atoms with Crippen molar-refractivity contribution >= 4 is 15.9 Å². The first-order valence-electron chi connectivity index (χ1n) is 8.05. The zero-order valence-corrected chi connectivity index (χ0v) is 14.8. The molecule has 0 spiro atoms. The van der Waals surface area contributed by atoms with Crippen LogP contribution in [0.4, 0.5) is 13.2 Å². The Labute approximate surface area is 150 Å². The molecule has 1 saturated heterocycles. The molecular weight excluding hydrogens is 373 g/mol. The fourth-order valence-electron chi connectivity index (χ4n) is 2.43. The van der Waals surface area contributed by atoms with Gasteiger partial charge in [-0.1, -0.05) is 6.07 Å². The number of nitrogens with one attached hydrogen (secondary N) is 3. The van der Waals surface area contributed by atoms with Gasteiger partial charge >= 0.3 is 6.18 Å². The summed E-state index contributed by atoms with van der Waals surface area (Å²) < 4.78 is 64.2. The second kappa shape index (κ2) is 8.80. The van der Waals surface area contributed by atoms with Gasteiger partial charge in [0.1, 0.15) is 0 Å². The van der Waals surface area contributed by atoms with Crippen molar-refractivity contribution in [3.05, 3.63) is 29.8 Å². The molecule has 1 aromatic rings. The molecule has 7 nitrogen and oxygen atoms in total. The van der Waals surface area contributed by atoms with Gasteiger partial charge in [-0.15, -0.1) is 0 Å². The smallest absolute Gasteiger partial charge is 0.354 e. The first-order chi connectivity index (χ1) is 12.2. The topological polar surface area (TPSA) is 90.5 Å². The summed E-state index contributed by atoms with van der Waals surface area (Å²) in [5.41, 5.74) is -1.07. The van der Waals surface area contributed by atoms with E-state index in [4.69, 9.17) is 0 Å². The number of sulfonamides is 1. The molecule has 0 bridgehead atoms. The first-order valence-corrected chi connectivity index (χ1v) is 9.53. The minimum absolute atomic E-state index is 0.365. The van der Waals surface area contributed by atoms with Gasteiger partial charge in [-0.3, -0.25) is 9.69 Å². The van der Waals surface area contributed by atoms with E-state index in [1.807, 2.05) is 4.72 Å². The van der Waals surface area contributed by atoms with Crippen molar-refractivity contribution in [2.75, 3.05) is 45.8 Å². The normalized spacial score (nSPS) is 16.4. The molecule has 1 heterocycles.